The van der Waals surface area contributed by atoms with Gasteiger partial charge in [-0.25, -0.2) is 0 Å². The Kier molecular flexibility index (Phi) is 5.86. The monoisotopic (exact) mass is 222 g/mol. The van der Waals surface area contributed by atoms with Gasteiger partial charge in [-0.3, -0.25) is 4.79 Å². The lowest BCUT2D eigenvalue weighted by atomic mass is 10.2. The fraction of sp³-hybridized carbons (Fsp3) is 0.615. The molecule has 0 saturated carbocycles. The maximum absolute atomic E-state index is 11.4. The molecule has 0 aliphatic heterocycles. The van der Waals surface area contributed by atoms with Crippen LogP contribution in [-0.2, 0) is 6.54 Å². The number of hydrogen-bond acceptors (Lipinski definition) is 2. The van der Waals surface area contributed by atoms with Crippen LogP contribution in [0.4, 0.5) is 0 Å². The van der Waals surface area contributed by atoms with Gasteiger partial charge in [-0.05, 0) is 37.9 Å². The summed E-state index contributed by atoms with van der Waals surface area (Å²) in [5.41, 5.74) is 0.0950. The third-order valence-corrected chi connectivity index (χ3v) is 2.45. The van der Waals surface area contributed by atoms with E-state index in [1.54, 1.807) is 16.7 Å². The van der Waals surface area contributed by atoms with Gasteiger partial charge in [0.2, 0.25) is 5.56 Å². The predicted molar refractivity (Wildman–Crippen MR) is 67.6 cm³/mol. The van der Waals surface area contributed by atoms with Crippen LogP contribution in [0.1, 0.15) is 26.7 Å². The van der Waals surface area contributed by atoms with E-state index in [0.29, 0.717) is 5.92 Å². The van der Waals surface area contributed by atoms with Crippen molar-refractivity contribution in [3.63, 3.8) is 0 Å². The smallest absolute Gasteiger partial charge is 0.250 e. The lowest BCUT2D eigenvalue weighted by molar-refractivity contribution is 0.516. The van der Waals surface area contributed by atoms with Crippen molar-refractivity contribution in [3.8, 4) is 0 Å². The fourth-order valence-corrected chi connectivity index (χ4v) is 1.57. The maximum Gasteiger partial charge on any atom is 0.250 e. The summed E-state index contributed by atoms with van der Waals surface area (Å²) >= 11 is 0. The molecule has 0 amide bonds. The van der Waals surface area contributed by atoms with Crippen molar-refractivity contribution in [3.05, 3.63) is 34.7 Å². The second-order valence-electron chi connectivity index (χ2n) is 4.54. The zero-order valence-electron chi connectivity index (χ0n) is 10.3. The number of rotatable bonds is 7. The van der Waals surface area contributed by atoms with Gasteiger partial charge in [-0.2, -0.15) is 0 Å². The maximum atomic E-state index is 11.4. The first-order valence-electron chi connectivity index (χ1n) is 6.06. The molecule has 0 bridgehead atoms. The average Bonchev–Trinajstić information content (AvgIpc) is 2.25. The molecule has 0 saturated heterocycles. The van der Waals surface area contributed by atoms with Gasteiger partial charge in [-0.1, -0.05) is 19.9 Å². The lowest BCUT2D eigenvalue weighted by Crippen LogP contribution is -2.22. The number of nitrogens with one attached hydrogen (secondary N) is 1. The predicted octanol–water partition coefficient (Wildman–Crippen LogP) is 1.87. The molecule has 0 aliphatic rings. The van der Waals surface area contributed by atoms with Gasteiger partial charge >= 0.3 is 0 Å². The molecular formula is C13H22N2O. The third-order valence-electron chi connectivity index (χ3n) is 2.45. The van der Waals surface area contributed by atoms with Gasteiger partial charge in [-0.15, -0.1) is 0 Å². The van der Waals surface area contributed by atoms with Crippen molar-refractivity contribution in [1.29, 1.82) is 0 Å². The Labute approximate surface area is 97.5 Å². The van der Waals surface area contributed by atoms with Crippen molar-refractivity contribution < 1.29 is 0 Å². The Morgan fingerprint density at radius 2 is 2.12 bits per heavy atom. The van der Waals surface area contributed by atoms with Gasteiger partial charge in [0.05, 0.1) is 0 Å². The highest BCUT2D eigenvalue weighted by molar-refractivity contribution is 4.92. The summed E-state index contributed by atoms with van der Waals surface area (Å²) in [6.45, 7) is 7.35. The summed E-state index contributed by atoms with van der Waals surface area (Å²) in [6, 6.07) is 5.29. The summed E-state index contributed by atoms with van der Waals surface area (Å²) < 4.78 is 1.77. The first kappa shape index (κ1) is 13.0. The van der Waals surface area contributed by atoms with Crippen molar-refractivity contribution in [2.75, 3.05) is 13.1 Å². The van der Waals surface area contributed by atoms with E-state index in [2.05, 4.69) is 19.2 Å². The third kappa shape index (κ3) is 5.12. The molecule has 0 unspecified atom stereocenters. The molecule has 16 heavy (non-hydrogen) atoms. The first-order chi connectivity index (χ1) is 7.70. The molecule has 1 rings (SSSR count). The van der Waals surface area contributed by atoms with Crippen molar-refractivity contribution in [2.45, 2.75) is 33.2 Å². The molecule has 0 radical (unpaired) electrons. The van der Waals surface area contributed by atoms with E-state index in [0.717, 1.165) is 32.5 Å². The van der Waals surface area contributed by atoms with Crippen LogP contribution in [0.3, 0.4) is 0 Å². The highest BCUT2D eigenvalue weighted by atomic mass is 16.1. The van der Waals surface area contributed by atoms with Gasteiger partial charge in [0, 0.05) is 18.8 Å². The van der Waals surface area contributed by atoms with E-state index < -0.39 is 0 Å². The molecule has 0 aliphatic carbocycles. The van der Waals surface area contributed by atoms with Gasteiger partial charge in [0.15, 0.2) is 0 Å². The van der Waals surface area contributed by atoms with E-state index >= 15 is 0 Å². The molecule has 90 valence electrons. The zero-order valence-corrected chi connectivity index (χ0v) is 10.3. The second-order valence-corrected chi connectivity index (χ2v) is 4.54. The van der Waals surface area contributed by atoms with E-state index in [1.807, 2.05) is 12.3 Å². The normalized spacial score (nSPS) is 10.9. The summed E-state index contributed by atoms with van der Waals surface area (Å²) in [7, 11) is 0. The Morgan fingerprint density at radius 3 is 2.81 bits per heavy atom. The summed E-state index contributed by atoms with van der Waals surface area (Å²) in [6.07, 6.45) is 4.02. The van der Waals surface area contributed by atoms with Crippen LogP contribution in [0.2, 0.25) is 0 Å². The second kappa shape index (κ2) is 7.23. The number of aryl methyl sites for hydroxylation is 1. The van der Waals surface area contributed by atoms with E-state index in [4.69, 9.17) is 0 Å². The molecule has 1 heterocycles. The van der Waals surface area contributed by atoms with E-state index in [9.17, 15) is 4.79 Å². The SMILES string of the molecule is CC(C)CNCCCCn1ccccc1=O. The number of pyridine rings is 1. The number of hydrogen-bond donors (Lipinski definition) is 1. The molecule has 0 fully saturated rings. The van der Waals surface area contributed by atoms with Crippen LogP contribution in [0.25, 0.3) is 0 Å². The number of aromatic nitrogens is 1. The summed E-state index contributed by atoms with van der Waals surface area (Å²) in [4.78, 5) is 11.4. The number of nitrogens with zero attached hydrogens (tertiary/aromatic N) is 1. The Balaban J connectivity index is 2.12. The minimum absolute atomic E-state index is 0.0950. The molecular weight excluding hydrogens is 200 g/mol. The van der Waals surface area contributed by atoms with Crippen LogP contribution < -0.4 is 10.9 Å². The molecule has 0 spiro atoms. The molecule has 3 nitrogen and oxygen atoms in total. The van der Waals surface area contributed by atoms with Crippen LogP contribution in [0, 0.1) is 5.92 Å². The van der Waals surface area contributed by atoms with Gasteiger partial charge < -0.3 is 9.88 Å². The topological polar surface area (TPSA) is 34.0 Å². The average molecular weight is 222 g/mol. The molecule has 3 heteroatoms. The first-order valence-corrected chi connectivity index (χ1v) is 6.06. The van der Waals surface area contributed by atoms with Crippen LogP contribution in [0.5, 0.6) is 0 Å². The summed E-state index contributed by atoms with van der Waals surface area (Å²) in [5, 5.41) is 3.40. The molecule has 0 atom stereocenters. The molecule has 1 N–H and O–H groups in total. The fourth-order valence-electron chi connectivity index (χ4n) is 1.57. The molecule has 0 aromatic carbocycles. The number of unbranched alkanes of at least 4 members (excludes halogenated alkanes) is 1. The quantitative estimate of drug-likeness (QED) is 0.715. The van der Waals surface area contributed by atoms with Gasteiger partial charge in [0.1, 0.15) is 0 Å². The Bertz CT molecular complexity index is 344. The lowest BCUT2D eigenvalue weighted by Gasteiger charge is -2.07. The largest absolute Gasteiger partial charge is 0.316 e. The minimum Gasteiger partial charge on any atom is -0.316 e. The van der Waals surface area contributed by atoms with Crippen LogP contribution >= 0.6 is 0 Å². The standard InChI is InChI=1S/C13H22N2O/c1-12(2)11-14-8-4-6-10-15-9-5-3-7-13(15)16/h3,5,7,9,12,14H,4,6,8,10-11H2,1-2H3. The van der Waals surface area contributed by atoms with Crippen molar-refractivity contribution >= 4 is 0 Å². The summed E-state index contributed by atoms with van der Waals surface area (Å²) in [5.74, 6) is 0.705. The van der Waals surface area contributed by atoms with Crippen molar-refractivity contribution in [2.24, 2.45) is 5.92 Å². The van der Waals surface area contributed by atoms with Gasteiger partial charge in [0.25, 0.3) is 0 Å². The van der Waals surface area contributed by atoms with E-state index in [1.165, 1.54) is 0 Å². The van der Waals surface area contributed by atoms with E-state index in [-0.39, 0.29) is 5.56 Å². The van der Waals surface area contributed by atoms with Crippen LogP contribution in [0.15, 0.2) is 29.2 Å². The molecule has 1 aromatic rings. The Hall–Kier alpha value is -1.09. The highest BCUT2D eigenvalue weighted by Gasteiger charge is 1.95. The Morgan fingerprint density at radius 1 is 1.31 bits per heavy atom. The van der Waals surface area contributed by atoms with Crippen molar-refractivity contribution in [1.82, 2.24) is 9.88 Å². The molecule has 1 aromatic heterocycles. The highest BCUT2D eigenvalue weighted by Crippen LogP contribution is 1.93. The zero-order chi connectivity index (χ0) is 11.8. The van der Waals surface area contributed by atoms with Crippen LogP contribution in [-0.4, -0.2) is 17.7 Å². The minimum atomic E-state index is 0.0950.